The van der Waals surface area contributed by atoms with Crippen LogP contribution in [0.25, 0.3) is 6.08 Å². The summed E-state index contributed by atoms with van der Waals surface area (Å²) in [6, 6.07) is 16.0. The van der Waals surface area contributed by atoms with Gasteiger partial charge < -0.3 is 9.90 Å². The topological polar surface area (TPSA) is 64.5 Å². The number of carboxylic acids is 1. The second kappa shape index (κ2) is 7.40. The normalized spacial score (nSPS) is 11.6. The predicted octanol–water partition coefficient (Wildman–Crippen LogP) is 2.88. The lowest BCUT2D eigenvalue weighted by molar-refractivity contribution is -0.255. The number of anilines is 1. The van der Waals surface area contributed by atoms with Gasteiger partial charge in [0, 0.05) is 4.48 Å². The zero-order valence-electron chi connectivity index (χ0n) is 11.0. The minimum atomic E-state index is -1.20. The Balaban J connectivity index is 1.95. The molecular formula is C16H12BrN2O2-. The number of carbonyl (C=O) groups excluding carboxylic acids is 1. The van der Waals surface area contributed by atoms with E-state index >= 15 is 0 Å². The number of allylic oxidation sites excluding steroid dienone is 1. The highest BCUT2D eigenvalue weighted by atomic mass is 79.9. The molecule has 5 heteroatoms. The zero-order valence-corrected chi connectivity index (χ0v) is 12.6. The molecule has 0 fully saturated rings. The first kappa shape index (κ1) is 15.0. The van der Waals surface area contributed by atoms with Crippen LogP contribution in [0.2, 0.25) is 0 Å². The molecule has 0 spiro atoms. The largest absolute Gasteiger partial charge is 0.545 e. The van der Waals surface area contributed by atoms with E-state index in [2.05, 4.69) is 26.5 Å². The molecule has 0 saturated carbocycles. The summed E-state index contributed by atoms with van der Waals surface area (Å²) in [5, 5.41) is 14.7. The Morgan fingerprint density at radius 2 is 1.76 bits per heavy atom. The standard InChI is InChI=1S/C16H13BrN2O2/c17-14(10-12-4-2-1-3-5-12)11-18-19-15-8-6-13(7-9-15)16(20)21/h1-11,19H,(H,20,21)/p-1/b14-10+,18-11?. The Labute approximate surface area is 130 Å². The number of hydrogen-bond donors (Lipinski definition) is 1. The fourth-order valence-electron chi connectivity index (χ4n) is 1.60. The van der Waals surface area contributed by atoms with Crippen molar-refractivity contribution in [3.05, 3.63) is 70.2 Å². The van der Waals surface area contributed by atoms with Crippen LogP contribution in [0.1, 0.15) is 15.9 Å². The van der Waals surface area contributed by atoms with Gasteiger partial charge in [-0.3, -0.25) is 5.43 Å². The zero-order chi connectivity index (χ0) is 15.1. The number of benzene rings is 2. The highest BCUT2D eigenvalue weighted by molar-refractivity contribution is 9.12. The van der Waals surface area contributed by atoms with E-state index in [-0.39, 0.29) is 5.56 Å². The van der Waals surface area contributed by atoms with E-state index in [1.165, 1.54) is 12.1 Å². The Morgan fingerprint density at radius 1 is 1.10 bits per heavy atom. The van der Waals surface area contributed by atoms with Gasteiger partial charge in [0.15, 0.2) is 0 Å². The van der Waals surface area contributed by atoms with E-state index in [0.29, 0.717) is 5.69 Å². The van der Waals surface area contributed by atoms with Gasteiger partial charge in [0.05, 0.1) is 17.9 Å². The van der Waals surface area contributed by atoms with Gasteiger partial charge in [-0.1, -0.05) is 42.5 Å². The maximum absolute atomic E-state index is 10.6. The number of hydrogen-bond acceptors (Lipinski definition) is 4. The molecule has 0 aliphatic carbocycles. The molecule has 0 aliphatic heterocycles. The van der Waals surface area contributed by atoms with Crippen molar-refractivity contribution in [1.29, 1.82) is 0 Å². The van der Waals surface area contributed by atoms with Crippen LogP contribution in [0.4, 0.5) is 5.69 Å². The number of aromatic carboxylic acids is 1. The van der Waals surface area contributed by atoms with Crippen LogP contribution in [-0.2, 0) is 0 Å². The van der Waals surface area contributed by atoms with Crippen LogP contribution in [0.3, 0.4) is 0 Å². The molecule has 0 saturated heterocycles. The van der Waals surface area contributed by atoms with E-state index < -0.39 is 5.97 Å². The van der Waals surface area contributed by atoms with Crippen LogP contribution >= 0.6 is 15.9 Å². The summed E-state index contributed by atoms with van der Waals surface area (Å²) in [4.78, 5) is 10.6. The van der Waals surface area contributed by atoms with E-state index in [1.807, 2.05) is 36.4 Å². The number of carboxylic acid groups (broad SMARTS) is 1. The van der Waals surface area contributed by atoms with Gasteiger partial charge >= 0.3 is 0 Å². The summed E-state index contributed by atoms with van der Waals surface area (Å²) < 4.78 is 0.813. The number of carbonyl (C=O) groups is 1. The van der Waals surface area contributed by atoms with E-state index in [9.17, 15) is 9.90 Å². The SMILES string of the molecule is O=C([O-])c1ccc(NN=C/C(Br)=C\c2ccccc2)cc1. The van der Waals surface area contributed by atoms with E-state index in [1.54, 1.807) is 18.3 Å². The van der Waals surface area contributed by atoms with Crippen LogP contribution in [0, 0.1) is 0 Å². The van der Waals surface area contributed by atoms with Crippen molar-refractivity contribution in [2.45, 2.75) is 0 Å². The van der Waals surface area contributed by atoms with Gasteiger partial charge in [0.25, 0.3) is 0 Å². The molecule has 4 nitrogen and oxygen atoms in total. The van der Waals surface area contributed by atoms with Crippen molar-refractivity contribution in [2.75, 3.05) is 5.43 Å². The van der Waals surface area contributed by atoms with Gasteiger partial charge in [-0.2, -0.15) is 5.10 Å². The number of nitrogens with zero attached hydrogens (tertiary/aromatic N) is 1. The molecule has 0 bridgehead atoms. The van der Waals surface area contributed by atoms with Crippen LogP contribution in [-0.4, -0.2) is 12.2 Å². The summed E-state index contributed by atoms with van der Waals surface area (Å²) in [5.41, 5.74) is 4.70. The third-order valence-electron chi connectivity index (χ3n) is 2.61. The van der Waals surface area contributed by atoms with Gasteiger partial charge in [-0.25, -0.2) is 0 Å². The fourth-order valence-corrected chi connectivity index (χ4v) is 1.96. The molecule has 21 heavy (non-hydrogen) atoms. The summed E-state index contributed by atoms with van der Waals surface area (Å²) in [6.07, 6.45) is 3.56. The molecule has 2 aromatic carbocycles. The summed E-state index contributed by atoms with van der Waals surface area (Å²) in [6.45, 7) is 0. The van der Waals surface area contributed by atoms with Gasteiger partial charge in [0.1, 0.15) is 0 Å². The van der Waals surface area contributed by atoms with Crippen molar-refractivity contribution in [2.24, 2.45) is 5.10 Å². The Morgan fingerprint density at radius 3 is 2.38 bits per heavy atom. The molecule has 106 valence electrons. The maximum atomic E-state index is 10.6. The summed E-state index contributed by atoms with van der Waals surface area (Å²) in [7, 11) is 0. The highest BCUT2D eigenvalue weighted by Gasteiger charge is 1.94. The predicted molar refractivity (Wildman–Crippen MR) is 86.2 cm³/mol. The third-order valence-corrected chi connectivity index (χ3v) is 3.04. The molecule has 0 aromatic heterocycles. The van der Waals surface area contributed by atoms with Gasteiger partial charge in [0.2, 0.25) is 0 Å². The first-order chi connectivity index (χ1) is 10.1. The maximum Gasteiger partial charge on any atom is 0.0715 e. The molecule has 2 aromatic rings. The van der Waals surface area contributed by atoms with Crippen LogP contribution < -0.4 is 10.5 Å². The van der Waals surface area contributed by atoms with Crippen LogP contribution in [0.5, 0.6) is 0 Å². The fraction of sp³-hybridized carbons (Fsp3) is 0. The smallest absolute Gasteiger partial charge is 0.0715 e. The number of halogens is 1. The van der Waals surface area contributed by atoms with Crippen molar-refractivity contribution in [3.8, 4) is 0 Å². The minimum Gasteiger partial charge on any atom is -0.545 e. The number of nitrogens with one attached hydrogen (secondary N) is 1. The average Bonchev–Trinajstić information content (AvgIpc) is 2.49. The van der Waals surface area contributed by atoms with E-state index in [0.717, 1.165) is 10.0 Å². The molecule has 0 atom stereocenters. The lowest BCUT2D eigenvalue weighted by Gasteiger charge is -2.03. The molecule has 1 N–H and O–H groups in total. The minimum absolute atomic E-state index is 0.134. The molecule has 0 heterocycles. The lowest BCUT2D eigenvalue weighted by Crippen LogP contribution is -2.21. The number of hydrazone groups is 1. The molecule has 0 amide bonds. The lowest BCUT2D eigenvalue weighted by atomic mass is 10.2. The van der Waals surface area contributed by atoms with Gasteiger partial charge in [-0.15, -0.1) is 0 Å². The van der Waals surface area contributed by atoms with E-state index in [4.69, 9.17) is 0 Å². The highest BCUT2D eigenvalue weighted by Crippen LogP contribution is 2.11. The molecule has 0 aliphatic rings. The molecule has 0 unspecified atom stereocenters. The Hall–Kier alpha value is -2.40. The quantitative estimate of drug-likeness (QED) is 0.670. The Kier molecular flexibility index (Phi) is 5.29. The first-order valence-electron chi connectivity index (χ1n) is 6.18. The summed E-state index contributed by atoms with van der Waals surface area (Å²) in [5.74, 6) is -1.20. The van der Waals surface area contributed by atoms with Crippen molar-refractivity contribution in [1.82, 2.24) is 0 Å². The second-order valence-corrected chi connectivity index (χ2v) is 5.09. The molecular weight excluding hydrogens is 332 g/mol. The van der Waals surface area contributed by atoms with Gasteiger partial charge in [-0.05, 0) is 45.3 Å². The monoisotopic (exact) mass is 343 g/mol. The van der Waals surface area contributed by atoms with Crippen LogP contribution in [0.15, 0.2) is 64.2 Å². The first-order valence-corrected chi connectivity index (χ1v) is 6.97. The average molecular weight is 344 g/mol. The summed E-state index contributed by atoms with van der Waals surface area (Å²) >= 11 is 3.40. The number of rotatable bonds is 5. The van der Waals surface area contributed by atoms with Crippen molar-refractivity contribution >= 4 is 39.9 Å². The molecule has 0 radical (unpaired) electrons. The van der Waals surface area contributed by atoms with Crippen molar-refractivity contribution in [3.63, 3.8) is 0 Å². The third kappa shape index (κ3) is 4.89. The molecule has 2 rings (SSSR count). The second-order valence-electron chi connectivity index (χ2n) is 4.17. The Bertz CT molecular complexity index is 664. The van der Waals surface area contributed by atoms with Crippen molar-refractivity contribution < 1.29 is 9.90 Å².